The monoisotopic (exact) mass is 296 g/mol. The molecule has 0 amide bonds. The van der Waals surface area contributed by atoms with Gasteiger partial charge in [-0.3, -0.25) is 4.79 Å². The minimum absolute atomic E-state index is 0.384. The highest BCUT2D eigenvalue weighted by Gasteiger charge is 2.16. The Labute approximate surface area is 126 Å². The Morgan fingerprint density at radius 1 is 1.18 bits per heavy atom. The van der Waals surface area contributed by atoms with Crippen LogP contribution in [0, 0.1) is 0 Å². The van der Waals surface area contributed by atoms with Crippen LogP contribution >= 0.6 is 0 Å². The molecule has 1 aromatic heterocycles. The van der Waals surface area contributed by atoms with E-state index in [-0.39, 0.29) is 5.91 Å². The molecule has 3 N–H and O–H groups in total. The maximum Gasteiger partial charge on any atom is 0.333 e. The van der Waals surface area contributed by atoms with Gasteiger partial charge in [0.25, 0.3) is 5.91 Å². The van der Waals surface area contributed by atoms with Crippen LogP contribution in [-0.4, -0.2) is 29.6 Å². The number of aromatic amines is 1. The van der Waals surface area contributed by atoms with Gasteiger partial charge in [-0.25, -0.2) is 9.36 Å². The summed E-state index contributed by atoms with van der Waals surface area (Å²) in [5, 5.41) is 0. The number of nitrogen functional groups attached to an aromatic ring is 1. The molecule has 6 heteroatoms. The first kappa shape index (κ1) is 13.9. The molecule has 0 aliphatic heterocycles. The molecule has 0 spiro atoms. The summed E-state index contributed by atoms with van der Waals surface area (Å²) < 4.78 is 1.11. The second kappa shape index (κ2) is 5.07. The quantitative estimate of drug-likeness (QED) is 0.704. The molecule has 0 atom stereocenters. The molecule has 1 heterocycles. The molecule has 0 unspecified atom stereocenters. The topological polar surface area (TPSA) is 84.1 Å². The van der Waals surface area contributed by atoms with Gasteiger partial charge in [0, 0.05) is 31.0 Å². The number of nitrogens with zero attached hydrogens (tertiary/aromatic N) is 2. The van der Waals surface area contributed by atoms with E-state index in [0.29, 0.717) is 22.3 Å². The number of hydrogen-bond donors (Lipinski definition) is 2. The second-order valence-electron chi connectivity index (χ2n) is 5.29. The van der Waals surface area contributed by atoms with E-state index in [1.165, 1.54) is 0 Å². The fourth-order valence-electron chi connectivity index (χ4n) is 2.37. The zero-order chi connectivity index (χ0) is 15.9. The van der Waals surface area contributed by atoms with Crippen molar-refractivity contribution in [2.45, 2.75) is 0 Å². The highest BCUT2D eigenvalue weighted by Crippen LogP contribution is 2.18. The number of nitrogens with two attached hydrogens (primary N) is 1. The normalized spacial score (nSPS) is 10.8. The molecule has 3 aromatic rings. The van der Waals surface area contributed by atoms with Crippen molar-refractivity contribution in [3.8, 4) is 0 Å². The van der Waals surface area contributed by atoms with E-state index < -0.39 is 5.69 Å². The Hall–Kier alpha value is -3.02. The van der Waals surface area contributed by atoms with Gasteiger partial charge in [0.05, 0.1) is 11.0 Å². The number of carbonyl (C=O) groups excluding carboxylic acids is 1. The smallest absolute Gasteiger partial charge is 0.333 e. The first-order valence-corrected chi connectivity index (χ1v) is 6.80. The maximum atomic E-state index is 12.7. The molecule has 3 rings (SSSR count). The predicted octanol–water partition coefficient (Wildman–Crippen LogP) is 1.67. The third-order valence-electron chi connectivity index (χ3n) is 3.52. The van der Waals surface area contributed by atoms with E-state index in [9.17, 15) is 9.59 Å². The van der Waals surface area contributed by atoms with Gasteiger partial charge >= 0.3 is 5.69 Å². The van der Waals surface area contributed by atoms with Crippen LogP contribution in [0.5, 0.6) is 0 Å². The summed E-state index contributed by atoms with van der Waals surface area (Å²) in [6, 6.07) is 12.1. The summed E-state index contributed by atoms with van der Waals surface area (Å²) >= 11 is 0. The third kappa shape index (κ3) is 2.24. The van der Waals surface area contributed by atoms with Crippen LogP contribution in [0.3, 0.4) is 0 Å². The van der Waals surface area contributed by atoms with E-state index in [0.717, 1.165) is 10.3 Å². The van der Waals surface area contributed by atoms with Crippen LogP contribution in [0.2, 0.25) is 0 Å². The van der Waals surface area contributed by atoms with Gasteiger partial charge in [-0.15, -0.1) is 0 Å². The van der Waals surface area contributed by atoms with E-state index in [1.54, 1.807) is 36.4 Å². The molecule has 22 heavy (non-hydrogen) atoms. The lowest BCUT2D eigenvalue weighted by atomic mass is 10.1. The van der Waals surface area contributed by atoms with Crippen molar-refractivity contribution < 1.29 is 4.79 Å². The largest absolute Gasteiger partial charge is 0.399 e. The summed E-state index contributed by atoms with van der Waals surface area (Å²) in [5.74, 6) is -0.384. The van der Waals surface area contributed by atoms with Gasteiger partial charge in [0.15, 0.2) is 0 Å². The molecule has 0 saturated heterocycles. The average Bonchev–Trinajstić information content (AvgIpc) is 2.82. The van der Waals surface area contributed by atoms with Gasteiger partial charge < -0.3 is 15.6 Å². The Morgan fingerprint density at radius 3 is 2.68 bits per heavy atom. The van der Waals surface area contributed by atoms with E-state index >= 15 is 0 Å². The summed E-state index contributed by atoms with van der Waals surface area (Å²) in [6.07, 6.45) is 0. The SMILES string of the molecule is CN(C)c1cccc(C(=O)n2c(=O)[nH]c3ccc(N)cc32)c1. The second-order valence-corrected chi connectivity index (χ2v) is 5.29. The van der Waals surface area contributed by atoms with Crippen molar-refractivity contribution >= 4 is 28.3 Å². The Bertz CT molecular complexity index is 921. The average molecular weight is 296 g/mol. The third-order valence-corrected chi connectivity index (χ3v) is 3.52. The molecule has 0 bridgehead atoms. The number of anilines is 2. The number of hydrogen-bond acceptors (Lipinski definition) is 4. The lowest BCUT2D eigenvalue weighted by Crippen LogP contribution is -2.25. The van der Waals surface area contributed by atoms with E-state index in [4.69, 9.17) is 5.73 Å². The van der Waals surface area contributed by atoms with Crippen molar-refractivity contribution in [2.75, 3.05) is 24.7 Å². The van der Waals surface area contributed by atoms with Crippen LogP contribution in [0.25, 0.3) is 11.0 Å². The lowest BCUT2D eigenvalue weighted by molar-refractivity contribution is 0.0961. The number of carbonyl (C=O) groups is 1. The van der Waals surface area contributed by atoms with Crippen LogP contribution < -0.4 is 16.3 Å². The summed E-state index contributed by atoms with van der Waals surface area (Å²) in [6.45, 7) is 0. The molecule has 112 valence electrons. The van der Waals surface area contributed by atoms with Crippen molar-refractivity contribution in [1.29, 1.82) is 0 Å². The highest BCUT2D eigenvalue weighted by molar-refractivity contribution is 6.02. The van der Waals surface area contributed by atoms with Crippen LogP contribution in [0.1, 0.15) is 10.4 Å². The van der Waals surface area contributed by atoms with Gasteiger partial charge in [-0.05, 0) is 36.4 Å². The minimum Gasteiger partial charge on any atom is -0.399 e. The fraction of sp³-hybridized carbons (Fsp3) is 0.125. The zero-order valence-corrected chi connectivity index (χ0v) is 12.3. The van der Waals surface area contributed by atoms with Gasteiger partial charge in [-0.1, -0.05) is 6.07 Å². The minimum atomic E-state index is -0.471. The number of rotatable bonds is 2. The summed E-state index contributed by atoms with van der Waals surface area (Å²) in [4.78, 5) is 29.4. The summed E-state index contributed by atoms with van der Waals surface area (Å²) in [5.41, 5.74) is 8.17. The van der Waals surface area contributed by atoms with Crippen LogP contribution in [0.4, 0.5) is 11.4 Å². The number of nitrogens with one attached hydrogen (secondary N) is 1. The Kier molecular flexibility index (Phi) is 3.21. The fourth-order valence-corrected chi connectivity index (χ4v) is 2.37. The molecule has 6 nitrogen and oxygen atoms in total. The molecule has 0 radical (unpaired) electrons. The Balaban J connectivity index is 2.17. The summed E-state index contributed by atoms with van der Waals surface area (Å²) in [7, 11) is 3.78. The van der Waals surface area contributed by atoms with Crippen molar-refractivity contribution in [3.05, 3.63) is 58.5 Å². The molecule has 0 aliphatic rings. The molecule has 0 saturated carbocycles. The van der Waals surface area contributed by atoms with Gasteiger partial charge in [-0.2, -0.15) is 0 Å². The van der Waals surface area contributed by atoms with Crippen molar-refractivity contribution in [2.24, 2.45) is 0 Å². The molecule has 0 aliphatic carbocycles. The zero-order valence-electron chi connectivity index (χ0n) is 12.3. The molecule has 0 fully saturated rings. The number of fused-ring (bicyclic) bond motifs is 1. The Morgan fingerprint density at radius 2 is 1.95 bits per heavy atom. The van der Waals surface area contributed by atoms with E-state index in [2.05, 4.69) is 4.98 Å². The highest BCUT2D eigenvalue weighted by atomic mass is 16.2. The molecule has 2 aromatic carbocycles. The molecular formula is C16H16N4O2. The lowest BCUT2D eigenvalue weighted by Gasteiger charge is -2.13. The number of aromatic nitrogens is 2. The van der Waals surface area contributed by atoms with Crippen LogP contribution in [-0.2, 0) is 0 Å². The number of H-pyrrole nitrogens is 1. The van der Waals surface area contributed by atoms with Crippen LogP contribution in [0.15, 0.2) is 47.3 Å². The first-order valence-electron chi connectivity index (χ1n) is 6.80. The first-order chi connectivity index (χ1) is 10.5. The maximum absolute atomic E-state index is 12.7. The van der Waals surface area contributed by atoms with Crippen molar-refractivity contribution in [3.63, 3.8) is 0 Å². The standard InChI is InChI=1S/C16H16N4O2/c1-19(2)12-5-3-4-10(8-12)15(21)20-14-9-11(17)6-7-13(14)18-16(20)22/h3-9H,17H2,1-2H3,(H,18,22). The van der Waals surface area contributed by atoms with E-state index in [1.807, 2.05) is 25.1 Å². The number of benzene rings is 2. The van der Waals surface area contributed by atoms with Crippen molar-refractivity contribution in [1.82, 2.24) is 9.55 Å². The van der Waals surface area contributed by atoms with Gasteiger partial charge in [0.2, 0.25) is 0 Å². The molecular weight excluding hydrogens is 280 g/mol. The number of imidazole rings is 1. The predicted molar refractivity (Wildman–Crippen MR) is 87.5 cm³/mol. The van der Waals surface area contributed by atoms with Gasteiger partial charge in [0.1, 0.15) is 0 Å².